The molecule has 0 unspecified atom stereocenters. The van der Waals surface area contributed by atoms with Gasteiger partial charge in [0.2, 0.25) is 0 Å². The van der Waals surface area contributed by atoms with Gasteiger partial charge in [-0.05, 0) is 23.8 Å². The van der Waals surface area contributed by atoms with Crippen molar-refractivity contribution in [1.29, 1.82) is 0 Å². The van der Waals surface area contributed by atoms with Gasteiger partial charge in [-0.25, -0.2) is 4.39 Å². The minimum absolute atomic E-state index is 0.216. The van der Waals surface area contributed by atoms with Crippen LogP contribution in [0.5, 0.6) is 5.75 Å². The van der Waals surface area contributed by atoms with Gasteiger partial charge in [0.25, 0.3) is 0 Å². The van der Waals surface area contributed by atoms with Gasteiger partial charge >= 0.3 is 0 Å². The molecule has 0 aliphatic carbocycles. The van der Waals surface area contributed by atoms with Crippen LogP contribution >= 0.6 is 0 Å². The largest absolute Gasteiger partial charge is 0.486 e. The number of rotatable bonds is 3. The van der Waals surface area contributed by atoms with Crippen LogP contribution in [-0.2, 0) is 6.61 Å². The van der Waals surface area contributed by atoms with Gasteiger partial charge in [-0.3, -0.25) is 0 Å². The minimum Gasteiger partial charge on any atom is -0.486 e. The zero-order valence-corrected chi connectivity index (χ0v) is 9.19. The van der Waals surface area contributed by atoms with E-state index in [1.54, 1.807) is 12.1 Å². The van der Waals surface area contributed by atoms with Crippen LogP contribution in [0.15, 0.2) is 48.5 Å². The van der Waals surface area contributed by atoms with E-state index < -0.39 is 5.82 Å². The van der Waals surface area contributed by atoms with Crippen molar-refractivity contribution < 1.29 is 9.13 Å². The van der Waals surface area contributed by atoms with Crippen LogP contribution in [0.25, 0.3) is 0 Å². The van der Waals surface area contributed by atoms with Crippen LogP contribution in [0.3, 0.4) is 0 Å². The minimum atomic E-state index is -0.434. The lowest BCUT2D eigenvalue weighted by molar-refractivity contribution is 0.290. The number of terminal acetylenes is 1. The Morgan fingerprint density at radius 1 is 1.12 bits per heavy atom. The Hall–Kier alpha value is -2.27. The van der Waals surface area contributed by atoms with E-state index in [-0.39, 0.29) is 5.75 Å². The van der Waals surface area contributed by atoms with Gasteiger partial charge in [0.15, 0.2) is 11.6 Å². The van der Waals surface area contributed by atoms with E-state index in [0.717, 1.165) is 5.56 Å². The smallest absolute Gasteiger partial charge is 0.166 e. The van der Waals surface area contributed by atoms with E-state index in [1.165, 1.54) is 6.07 Å². The highest BCUT2D eigenvalue weighted by molar-refractivity contribution is 5.38. The molecule has 2 rings (SSSR count). The van der Waals surface area contributed by atoms with Crippen LogP contribution in [0.4, 0.5) is 4.39 Å². The summed E-state index contributed by atoms with van der Waals surface area (Å²) in [6.45, 7) is 0.340. The van der Waals surface area contributed by atoms with Gasteiger partial charge in [0.1, 0.15) is 6.61 Å². The van der Waals surface area contributed by atoms with Gasteiger partial charge < -0.3 is 4.74 Å². The molecule has 0 spiro atoms. The number of hydrogen-bond acceptors (Lipinski definition) is 1. The Morgan fingerprint density at radius 3 is 2.53 bits per heavy atom. The summed E-state index contributed by atoms with van der Waals surface area (Å²) in [4.78, 5) is 0. The normalized spacial score (nSPS) is 9.65. The summed E-state index contributed by atoms with van der Waals surface area (Å²) in [5.41, 5.74) is 1.50. The van der Waals surface area contributed by atoms with Crippen molar-refractivity contribution in [3.63, 3.8) is 0 Å². The summed E-state index contributed by atoms with van der Waals surface area (Å²) in [5.74, 6) is 2.15. The average molecular weight is 226 g/mol. The van der Waals surface area contributed by atoms with E-state index >= 15 is 0 Å². The van der Waals surface area contributed by atoms with Crippen molar-refractivity contribution >= 4 is 0 Å². The molecule has 0 amide bonds. The molecule has 2 aromatic carbocycles. The molecule has 0 fully saturated rings. The summed E-state index contributed by atoms with van der Waals surface area (Å²) in [6.07, 6.45) is 5.18. The highest BCUT2D eigenvalue weighted by Gasteiger charge is 2.03. The molecule has 0 atom stereocenters. The number of ether oxygens (including phenoxy) is 1. The van der Waals surface area contributed by atoms with Crippen molar-refractivity contribution in [2.24, 2.45) is 0 Å². The molecule has 1 nitrogen and oxygen atoms in total. The zero-order valence-electron chi connectivity index (χ0n) is 9.19. The summed E-state index contributed by atoms with van der Waals surface area (Å²) in [5, 5.41) is 0. The lowest BCUT2D eigenvalue weighted by Crippen LogP contribution is -1.97. The molecule has 2 heteroatoms. The predicted molar refractivity (Wildman–Crippen MR) is 65.1 cm³/mol. The summed E-state index contributed by atoms with van der Waals surface area (Å²) in [6, 6.07) is 14.1. The highest BCUT2D eigenvalue weighted by Crippen LogP contribution is 2.19. The second-order valence-electron chi connectivity index (χ2n) is 3.56. The summed E-state index contributed by atoms with van der Waals surface area (Å²) in [7, 11) is 0. The summed E-state index contributed by atoms with van der Waals surface area (Å²) < 4.78 is 18.9. The van der Waals surface area contributed by atoms with E-state index in [9.17, 15) is 4.39 Å². The number of benzene rings is 2. The second kappa shape index (κ2) is 5.18. The fourth-order valence-corrected chi connectivity index (χ4v) is 1.44. The SMILES string of the molecule is C#Cc1ccc(OCc2ccccc2)c(F)c1. The van der Waals surface area contributed by atoms with Crippen molar-refractivity contribution in [1.82, 2.24) is 0 Å². The maximum atomic E-state index is 13.5. The molecule has 84 valence electrons. The first-order valence-electron chi connectivity index (χ1n) is 5.22. The van der Waals surface area contributed by atoms with E-state index in [4.69, 9.17) is 11.2 Å². The third kappa shape index (κ3) is 2.85. The Kier molecular flexibility index (Phi) is 3.42. The van der Waals surface area contributed by atoms with Gasteiger partial charge in [0.05, 0.1) is 0 Å². The van der Waals surface area contributed by atoms with Gasteiger partial charge in [-0.1, -0.05) is 36.3 Å². The zero-order chi connectivity index (χ0) is 12.1. The van der Waals surface area contributed by atoms with Crippen molar-refractivity contribution in [2.45, 2.75) is 6.61 Å². The van der Waals surface area contributed by atoms with Gasteiger partial charge in [-0.15, -0.1) is 6.42 Å². The first-order valence-corrected chi connectivity index (χ1v) is 5.22. The molecular formula is C15H11FO. The fraction of sp³-hybridized carbons (Fsp3) is 0.0667. The molecule has 0 N–H and O–H groups in total. The lowest BCUT2D eigenvalue weighted by Gasteiger charge is -2.07. The molecular weight excluding hydrogens is 215 g/mol. The molecule has 0 radical (unpaired) electrons. The highest BCUT2D eigenvalue weighted by atomic mass is 19.1. The third-order valence-electron chi connectivity index (χ3n) is 2.34. The first kappa shape index (κ1) is 11.2. The molecule has 0 bridgehead atoms. The van der Waals surface area contributed by atoms with E-state index in [2.05, 4.69) is 5.92 Å². The van der Waals surface area contributed by atoms with Crippen molar-refractivity contribution in [3.8, 4) is 18.1 Å². The number of halogens is 1. The van der Waals surface area contributed by atoms with Gasteiger partial charge in [-0.2, -0.15) is 0 Å². The van der Waals surface area contributed by atoms with Crippen molar-refractivity contribution in [3.05, 3.63) is 65.5 Å². The standard InChI is InChI=1S/C15H11FO/c1-2-12-8-9-15(14(16)10-12)17-11-13-6-4-3-5-7-13/h1,3-10H,11H2. The maximum absolute atomic E-state index is 13.5. The second-order valence-corrected chi connectivity index (χ2v) is 3.56. The summed E-state index contributed by atoms with van der Waals surface area (Å²) >= 11 is 0. The first-order chi connectivity index (χ1) is 8.29. The molecule has 2 aromatic rings. The molecule has 0 heterocycles. The van der Waals surface area contributed by atoms with E-state index in [1.807, 2.05) is 30.3 Å². The quantitative estimate of drug-likeness (QED) is 0.729. The third-order valence-corrected chi connectivity index (χ3v) is 2.34. The van der Waals surface area contributed by atoms with E-state index in [0.29, 0.717) is 12.2 Å². The topological polar surface area (TPSA) is 9.23 Å². The maximum Gasteiger partial charge on any atom is 0.166 e. The molecule has 0 aliphatic heterocycles. The van der Waals surface area contributed by atoms with Crippen molar-refractivity contribution in [2.75, 3.05) is 0 Å². The molecule has 0 aliphatic rings. The Labute approximate surface area is 99.9 Å². The van der Waals surface area contributed by atoms with Crippen LogP contribution < -0.4 is 4.74 Å². The average Bonchev–Trinajstić information content (AvgIpc) is 2.38. The molecule has 0 saturated carbocycles. The Morgan fingerprint density at radius 2 is 1.88 bits per heavy atom. The monoisotopic (exact) mass is 226 g/mol. The van der Waals surface area contributed by atoms with Crippen LogP contribution in [0.2, 0.25) is 0 Å². The number of hydrogen-bond donors (Lipinski definition) is 0. The van der Waals surface area contributed by atoms with Gasteiger partial charge in [0, 0.05) is 5.56 Å². The predicted octanol–water partition coefficient (Wildman–Crippen LogP) is 3.39. The molecule has 17 heavy (non-hydrogen) atoms. The lowest BCUT2D eigenvalue weighted by atomic mass is 10.2. The fourth-order valence-electron chi connectivity index (χ4n) is 1.44. The molecule has 0 saturated heterocycles. The van der Waals surface area contributed by atoms with Crippen LogP contribution in [0.1, 0.15) is 11.1 Å². The van der Waals surface area contributed by atoms with Crippen LogP contribution in [-0.4, -0.2) is 0 Å². The Bertz CT molecular complexity index is 541. The molecule has 0 aromatic heterocycles. The Balaban J connectivity index is 2.08. The van der Waals surface area contributed by atoms with Crippen LogP contribution in [0, 0.1) is 18.2 Å².